The lowest BCUT2D eigenvalue weighted by Crippen LogP contribution is -2.44. The number of hydrogen-bond donors (Lipinski definition) is 1. The van der Waals surface area contributed by atoms with E-state index in [4.69, 9.17) is 0 Å². The molecule has 1 N–H and O–H groups in total. The van der Waals surface area contributed by atoms with Gasteiger partial charge in [0, 0.05) is 43.2 Å². The highest BCUT2D eigenvalue weighted by Gasteiger charge is 2.20. The first-order valence-corrected chi connectivity index (χ1v) is 11.9. The third-order valence-electron chi connectivity index (χ3n) is 5.58. The fourth-order valence-electron chi connectivity index (χ4n) is 3.69. The van der Waals surface area contributed by atoms with Crippen LogP contribution in [0.2, 0.25) is 0 Å². The van der Waals surface area contributed by atoms with Gasteiger partial charge in [0.1, 0.15) is 6.04 Å². The van der Waals surface area contributed by atoms with Crippen LogP contribution in [0.3, 0.4) is 0 Å². The molecular weight excluding hydrogens is 430 g/mol. The lowest BCUT2D eigenvalue weighted by molar-refractivity contribution is -0.153. The van der Waals surface area contributed by atoms with Gasteiger partial charge in [0.25, 0.3) is 0 Å². The summed E-state index contributed by atoms with van der Waals surface area (Å²) in [6.07, 6.45) is 0.419. The zero-order valence-corrected chi connectivity index (χ0v) is 19.2. The number of rotatable bonds is 7. The van der Waals surface area contributed by atoms with E-state index in [0.717, 1.165) is 31.7 Å². The van der Waals surface area contributed by atoms with Crippen LogP contribution in [0.25, 0.3) is 11.1 Å². The van der Waals surface area contributed by atoms with Crippen LogP contribution in [0.1, 0.15) is 5.56 Å². The molecule has 1 unspecified atom stereocenters. The molecule has 0 aliphatic carbocycles. The van der Waals surface area contributed by atoms with E-state index < -0.39 is 6.04 Å². The van der Waals surface area contributed by atoms with Crippen LogP contribution in [-0.4, -0.2) is 59.0 Å². The third-order valence-corrected chi connectivity index (χ3v) is 6.77. The minimum atomic E-state index is -0.559. The fourth-order valence-corrected chi connectivity index (χ4v) is 4.70. The van der Waals surface area contributed by atoms with Gasteiger partial charge in [-0.15, -0.1) is 0 Å². The molecule has 1 heterocycles. The molecule has 0 bridgehead atoms. The van der Waals surface area contributed by atoms with E-state index >= 15 is 0 Å². The molecule has 0 saturated carbocycles. The van der Waals surface area contributed by atoms with E-state index in [1.165, 1.54) is 16.8 Å². The van der Waals surface area contributed by atoms with Crippen LogP contribution < -0.4 is 4.90 Å². The monoisotopic (exact) mass is 457 g/mol. The molecule has 1 aliphatic rings. The van der Waals surface area contributed by atoms with Gasteiger partial charge in [-0.05, 0) is 35.4 Å². The summed E-state index contributed by atoms with van der Waals surface area (Å²) in [5.74, 6) is 6.57. The number of hydrogen-bond acceptors (Lipinski definition) is 5. The molecule has 1 fully saturated rings. The molecule has 6 heteroatoms. The van der Waals surface area contributed by atoms with E-state index in [1.54, 1.807) is 11.9 Å². The second-order valence-electron chi connectivity index (χ2n) is 7.76. The minimum Gasteiger partial charge on any atom is -0.369 e. The molecule has 0 aromatic heterocycles. The Morgan fingerprint density at radius 3 is 2.12 bits per heavy atom. The van der Waals surface area contributed by atoms with Gasteiger partial charge in [-0.2, -0.15) is 0 Å². The number of carbonyl (C=O) groups excluding carboxylic acids is 1. The van der Waals surface area contributed by atoms with E-state index in [2.05, 4.69) is 69.6 Å². The van der Waals surface area contributed by atoms with Crippen molar-refractivity contribution in [2.45, 2.75) is 6.04 Å². The van der Waals surface area contributed by atoms with Gasteiger partial charge in [-0.3, -0.25) is 10.0 Å². The lowest BCUT2D eigenvalue weighted by Gasteiger charge is -2.35. The second-order valence-corrected chi connectivity index (χ2v) is 8.87. The smallest absolute Gasteiger partial charge is 0.234 e. The number of piperazine rings is 1. The number of benzene rings is 3. The molecule has 168 valence electrons. The van der Waals surface area contributed by atoms with Crippen molar-refractivity contribution in [1.29, 1.82) is 0 Å². The van der Waals surface area contributed by atoms with Gasteiger partial charge >= 0.3 is 0 Å². The van der Waals surface area contributed by atoms with E-state index in [0.29, 0.717) is 17.2 Å². The Morgan fingerprint density at radius 2 is 1.48 bits per heavy atom. The van der Waals surface area contributed by atoms with Crippen molar-refractivity contribution in [3.63, 3.8) is 0 Å². The summed E-state index contributed by atoms with van der Waals surface area (Å²) >= 11 is 1.62. The van der Waals surface area contributed by atoms with Gasteiger partial charge < -0.3 is 4.90 Å². The van der Waals surface area contributed by atoms with Crippen molar-refractivity contribution in [2.75, 3.05) is 36.8 Å². The van der Waals surface area contributed by atoms with Crippen LogP contribution >= 0.6 is 11.9 Å². The molecule has 1 amide bonds. The fraction of sp³-hybridized carbons (Fsp3) is 0.222. The van der Waals surface area contributed by atoms with E-state index in [-0.39, 0.29) is 0 Å². The minimum absolute atomic E-state index is 0.419. The van der Waals surface area contributed by atoms with E-state index in [9.17, 15) is 10.0 Å². The van der Waals surface area contributed by atoms with Crippen molar-refractivity contribution >= 4 is 24.0 Å². The molecule has 3 aromatic rings. The molecule has 1 aliphatic heterocycles. The Balaban J connectivity index is 1.29. The molecule has 5 nitrogen and oxygen atoms in total. The zero-order chi connectivity index (χ0) is 22.9. The average molecular weight is 458 g/mol. The van der Waals surface area contributed by atoms with Crippen LogP contribution in [0.15, 0.2) is 84.9 Å². The average Bonchev–Trinajstić information content (AvgIpc) is 2.90. The van der Waals surface area contributed by atoms with Gasteiger partial charge in [-0.1, -0.05) is 84.5 Å². The Labute approximate surface area is 199 Å². The zero-order valence-electron chi connectivity index (χ0n) is 18.4. The third kappa shape index (κ3) is 6.39. The van der Waals surface area contributed by atoms with Crippen molar-refractivity contribution < 1.29 is 10.0 Å². The van der Waals surface area contributed by atoms with Crippen molar-refractivity contribution in [3.8, 4) is 23.0 Å². The summed E-state index contributed by atoms with van der Waals surface area (Å²) in [4.78, 5) is 13.5. The summed E-state index contributed by atoms with van der Waals surface area (Å²) in [5.41, 5.74) is 4.54. The molecule has 4 rings (SSSR count). The Morgan fingerprint density at radius 1 is 0.879 bits per heavy atom. The Bertz CT molecular complexity index is 1070. The maximum Gasteiger partial charge on any atom is 0.234 e. The van der Waals surface area contributed by atoms with Gasteiger partial charge in [0.2, 0.25) is 6.41 Å². The maximum atomic E-state index is 11.1. The van der Waals surface area contributed by atoms with Crippen LogP contribution in [0.4, 0.5) is 5.69 Å². The first kappa shape index (κ1) is 22.9. The first-order chi connectivity index (χ1) is 16.2. The SMILES string of the molecule is O=CN(O)C(C#Cc1ccccc1)CSN1CCN(c2ccc(-c3ccccc3)cc2)CC1. The molecule has 33 heavy (non-hydrogen) atoms. The van der Waals surface area contributed by atoms with Crippen molar-refractivity contribution in [1.82, 2.24) is 9.37 Å². The van der Waals surface area contributed by atoms with Gasteiger partial charge in [0.15, 0.2) is 0 Å². The molecule has 3 aromatic carbocycles. The predicted molar refractivity (Wildman–Crippen MR) is 135 cm³/mol. The lowest BCUT2D eigenvalue weighted by atomic mass is 10.1. The number of amides is 1. The maximum absolute atomic E-state index is 11.1. The van der Waals surface area contributed by atoms with Crippen LogP contribution in [0.5, 0.6) is 0 Å². The summed E-state index contributed by atoms with van der Waals surface area (Å²) in [7, 11) is 0. The molecule has 0 spiro atoms. The number of anilines is 1. The highest BCUT2D eigenvalue weighted by molar-refractivity contribution is 7.97. The molecule has 1 atom stereocenters. The summed E-state index contributed by atoms with van der Waals surface area (Å²) in [6, 6.07) is 28.2. The number of nitrogens with zero attached hydrogens (tertiary/aromatic N) is 3. The largest absolute Gasteiger partial charge is 0.369 e. The quantitative estimate of drug-likeness (QED) is 0.187. The standard InChI is InChI=1S/C27H27N3O2S/c31-22-30(32)27(14-11-23-7-3-1-4-8-23)21-33-29-19-17-28(18-20-29)26-15-12-25(13-16-26)24-9-5-2-6-10-24/h1-10,12-13,15-16,22,27,32H,17-21H2. The van der Waals surface area contributed by atoms with E-state index in [1.807, 2.05) is 36.4 Å². The highest BCUT2D eigenvalue weighted by Crippen LogP contribution is 2.25. The number of carbonyl (C=O) groups is 1. The van der Waals surface area contributed by atoms with Crippen LogP contribution in [-0.2, 0) is 4.79 Å². The summed E-state index contributed by atoms with van der Waals surface area (Å²) in [6.45, 7) is 3.65. The predicted octanol–water partition coefficient (Wildman–Crippen LogP) is 4.39. The normalized spacial score (nSPS) is 14.8. The molecular formula is C27H27N3O2S. The van der Waals surface area contributed by atoms with Crippen molar-refractivity contribution in [2.24, 2.45) is 0 Å². The van der Waals surface area contributed by atoms with Crippen molar-refractivity contribution in [3.05, 3.63) is 90.5 Å². The van der Waals surface area contributed by atoms with Crippen LogP contribution in [0, 0.1) is 11.8 Å². The Kier molecular flexibility index (Phi) is 8.04. The molecule has 1 saturated heterocycles. The Hall–Kier alpha value is -3.24. The second kappa shape index (κ2) is 11.6. The summed E-state index contributed by atoms with van der Waals surface area (Å²) in [5, 5.41) is 10.6. The first-order valence-electron chi connectivity index (χ1n) is 11.0. The number of hydroxylamine groups is 2. The summed E-state index contributed by atoms with van der Waals surface area (Å²) < 4.78 is 2.28. The van der Waals surface area contributed by atoms with Gasteiger partial charge in [0.05, 0.1) is 0 Å². The topological polar surface area (TPSA) is 47.0 Å². The molecule has 0 radical (unpaired) electrons. The highest BCUT2D eigenvalue weighted by atomic mass is 32.2. The van der Waals surface area contributed by atoms with Gasteiger partial charge in [-0.25, -0.2) is 9.37 Å².